The normalized spacial score (nSPS) is 16.9. The van der Waals surface area contributed by atoms with Gasteiger partial charge in [-0.05, 0) is 129 Å². The molecule has 15 nitrogen and oxygen atoms in total. The first-order chi connectivity index (χ1) is 35.5. The van der Waals surface area contributed by atoms with E-state index in [2.05, 4.69) is 23.7 Å². The van der Waals surface area contributed by atoms with Gasteiger partial charge in [-0.3, -0.25) is 0 Å². The lowest BCUT2D eigenvalue weighted by Crippen LogP contribution is -2.35. The first-order valence-electron chi connectivity index (χ1n) is 23.9. The fraction of sp³-hybridized carbons (Fsp3) is 0.273. The van der Waals surface area contributed by atoms with Crippen molar-refractivity contribution < 1.29 is 42.1 Å². The number of hydrogen-bond donors (Lipinski definition) is 0. The van der Waals surface area contributed by atoms with E-state index in [1.807, 2.05) is 34.6 Å². The Balaban J connectivity index is 1.28. The molecule has 0 atom stereocenters. The Morgan fingerprint density at radius 3 is 0.627 bits per heavy atom. The van der Waals surface area contributed by atoms with Gasteiger partial charge in [0.15, 0.2) is 0 Å². The molecular formula is C55H55N5O10S5. The molecule has 6 aromatic rings. The zero-order valence-corrected chi connectivity index (χ0v) is 46.1. The van der Waals surface area contributed by atoms with E-state index in [1.54, 1.807) is 60.7 Å². The highest BCUT2D eigenvalue weighted by Gasteiger charge is 2.43. The molecule has 0 fully saturated rings. The number of benzene rings is 6. The highest BCUT2D eigenvalue weighted by Crippen LogP contribution is 2.44. The van der Waals surface area contributed by atoms with Crippen LogP contribution in [0.1, 0.15) is 61.2 Å². The minimum absolute atomic E-state index is 0.0136. The number of hydrogen-bond acceptors (Lipinski definition) is 10. The average molecular weight is 1110 g/mol. The van der Waals surface area contributed by atoms with Crippen LogP contribution in [0.3, 0.4) is 0 Å². The highest BCUT2D eigenvalue weighted by molar-refractivity contribution is 7.90. The minimum atomic E-state index is -4.50. The van der Waals surface area contributed by atoms with Gasteiger partial charge >= 0.3 is 0 Å². The largest absolute Gasteiger partial charge is 0.244 e. The molecule has 0 aliphatic carbocycles. The molecule has 0 aromatic heterocycles. The second-order valence-electron chi connectivity index (χ2n) is 19.0. The first-order valence-corrected chi connectivity index (χ1v) is 31.1. The topological polar surface area (TPSA) is 187 Å². The Bertz CT molecular complexity index is 3700. The van der Waals surface area contributed by atoms with Crippen LogP contribution in [0.15, 0.2) is 146 Å². The van der Waals surface area contributed by atoms with Gasteiger partial charge in [0.2, 0.25) is 50.1 Å². The van der Waals surface area contributed by atoms with Crippen molar-refractivity contribution >= 4 is 50.1 Å². The molecule has 3 aliphatic rings. The third-order valence-corrected chi connectivity index (χ3v) is 22.8. The van der Waals surface area contributed by atoms with Crippen LogP contribution in [0, 0.1) is 58.3 Å². The number of nitrogens with zero attached hydrogens (tertiary/aromatic N) is 5. The SMILES string of the molecule is Cc1ccc(S(=O)(=O)N2CC#CCN(S(=O)(=O)c3ccc(C)cc3)Cc3c(c4c(c5c3CN(S(=O)(=O)c3ccc(C)cc3)C5)CN(S(=O)(=O)c3ccc(C)cc3)C4)CN(S(=O)(=O)c3ccc(C)cc3)CC#CC2)cc1. The van der Waals surface area contributed by atoms with Crippen molar-refractivity contribution in [1.82, 2.24) is 21.5 Å². The molecule has 9 rings (SSSR count). The van der Waals surface area contributed by atoms with E-state index < -0.39 is 89.4 Å². The molecule has 3 heterocycles. The lowest BCUT2D eigenvalue weighted by molar-refractivity contribution is 0.411. The van der Waals surface area contributed by atoms with E-state index in [1.165, 1.54) is 69.3 Å². The summed E-state index contributed by atoms with van der Waals surface area (Å²) in [5, 5.41) is 0. The van der Waals surface area contributed by atoms with Gasteiger partial charge in [-0.25, -0.2) is 42.1 Å². The standard InChI is InChI=1S/C55H55N5O10S5/c1-40-10-20-45(21-11-40)71(61,62)56-30-6-8-32-57(72(63,64)46-22-12-41(2)13-23-46)34-50-51(35-58(33-9-7-31-56)73(65,66)47-24-14-42(3)15-25-47)53-37-60(75(69,70)49-28-18-44(5)19-29-49)39-55(53)54-38-59(36-52(50)54)74(67,68)48-26-16-43(4)17-27-48/h10-29H,30-39H2,1-5H3. The summed E-state index contributed by atoms with van der Waals surface area (Å²) in [6.07, 6.45) is 0. The quantitative estimate of drug-likeness (QED) is 0.133. The molecule has 3 aliphatic heterocycles. The van der Waals surface area contributed by atoms with Gasteiger partial charge in [-0.2, -0.15) is 21.5 Å². The van der Waals surface area contributed by atoms with Crippen molar-refractivity contribution in [2.75, 3.05) is 26.2 Å². The molecule has 0 spiro atoms. The van der Waals surface area contributed by atoms with Crippen LogP contribution in [-0.4, -0.2) is 89.8 Å². The highest BCUT2D eigenvalue weighted by atomic mass is 32.2. The van der Waals surface area contributed by atoms with Gasteiger partial charge in [-0.15, -0.1) is 0 Å². The third-order valence-electron chi connectivity index (χ3n) is 13.8. The summed E-state index contributed by atoms with van der Waals surface area (Å²) < 4.78 is 154. The van der Waals surface area contributed by atoms with Crippen LogP contribution in [0.25, 0.3) is 0 Å². The van der Waals surface area contributed by atoms with Gasteiger partial charge in [0, 0.05) is 39.3 Å². The van der Waals surface area contributed by atoms with E-state index in [0.717, 1.165) is 40.7 Å². The van der Waals surface area contributed by atoms with Gasteiger partial charge < -0.3 is 0 Å². The van der Waals surface area contributed by atoms with Gasteiger partial charge in [0.1, 0.15) is 0 Å². The van der Waals surface area contributed by atoms with Crippen molar-refractivity contribution in [3.63, 3.8) is 0 Å². The Morgan fingerprint density at radius 2 is 0.413 bits per heavy atom. The number of aryl methyl sites for hydroxylation is 5. The molecule has 0 saturated heterocycles. The Labute approximate surface area is 441 Å². The Kier molecular flexibility index (Phi) is 15.0. The van der Waals surface area contributed by atoms with Crippen LogP contribution in [0.2, 0.25) is 0 Å². The van der Waals surface area contributed by atoms with E-state index in [-0.39, 0.29) is 61.8 Å². The Hall–Kier alpha value is -6.01. The number of rotatable bonds is 10. The molecule has 75 heavy (non-hydrogen) atoms. The summed E-state index contributed by atoms with van der Waals surface area (Å²) in [7, 11) is -21.7. The zero-order chi connectivity index (χ0) is 53.7. The molecule has 20 heteroatoms. The summed E-state index contributed by atoms with van der Waals surface area (Å²) >= 11 is 0. The van der Waals surface area contributed by atoms with E-state index >= 15 is 16.8 Å². The maximum Gasteiger partial charge on any atom is 0.244 e. The molecule has 0 amide bonds. The van der Waals surface area contributed by atoms with Crippen LogP contribution in [0.4, 0.5) is 0 Å². The van der Waals surface area contributed by atoms with Crippen molar-refractivity contribution in [3.8, 4) is 23.7 Å². The van der Waals surface area contributed by atoms with Crippen molar-refractivity contribution in [2.24, 2.45) is 0 Å². The number of fused-ring (bicyclic) bond motifs is 6. The smallest absolute Gasteiger partial charge is 0.207 e. The third kappa shape index (κ3) is 10.7. The summed E-state index contributed by atoms with van der Waals surface area (Å²) in [5.41, 5.74) is 6.35. The van der Waals surface area contributed by atoms with E-state index in [9.17, 15) is 25.3 Å². The summed E-state index contributed by atoms with van der Waals surface area (Å²) in [6.45, 7) is 5.39. The van der Waals surface area contributed by atoms with Gasteiger partial charge in [0.25, 0.3) is 0 Å². The zero-order valence-electron chi connectivity index (χ0n) is 42.0. The fourth-order valence-electron chi connectivity index (χ4n) is 9.30. The molecule has 0 radical (unpaired) electrons. The second kappa shape index (κ2) is 20.8. The molecule has 0 unspecified atom stereocenters. The molecule has 390 valence electrons. The fourth-order valence-corrected chi connectivity index (χ4v) is 15.9. The lowest BCUT2D eigenvalue weighted by Gasteiger charge is -2.28. The predicted octanol–water partition coefficient (Wildman–Crippen LogP) is 6.73. The molecule has 6 aromatic carbocycles. The van der Waals surface area contributed by atoms with E-state index in [0.29, 0.717) is 22.3 Å². The maximum atomic E-state index is 15.1. The number of sulfonamides is 5. The van der Waals surface area contributed by atoms with Crippen molar-refractivity contribution in [3.05, 3.63) is 183 Å². The Morgan fingerprint density at radius 1 is 0.253 bits per heavy atom. The van der Waals surface area contributed by atoms with Crippen LogP contribution >= 0.6 is 0 Å². The summed E-state index contributed by atoms with van der Waals surface area (Å²) in [6, 6.07) is 31.3. The predicted molar refractivity (Wildman–Crippen MR) is 285 cm³/mol. The van der Waals surface area contributed by atoms with Crippen molar-refractivity contribution in [1.29, 1.82) is 0 Å². The lowest BCUT2D eigenvalue weighted by atomic mass is 9.88. The van der Waals surface area contributed by atoms with E-state index in [4.69, 9.17) is 0 Å². The van der Waals surface area contributed by atoms with Crippen LogP contribution < -0.4 is 0 Å². The van der Waals surface area contributed by atoms with Gasteiger partial charge in [-0.1, -0.05) is 112 Å². The molecular weight excluding hydrogens is 1050 g/mol. The molecule has 0 saturated carbocycles. The second-order valence-corrected chi connectivity index (χ2v) is 28.7. The van der Waals surface area contributed by atoms with Crippen molar-refractivity contribution in [2.45, 2.75) is 98.4 Å². The van der Waals surface area contributed by atoms with Gasteiger partial charge in [0.05, 0.1) is 50.7 Å². The van der Waals surface area contributed by atoms with Crippen LogP contribution in [-0.2, 0) is 89.4 Å². The maximum absolute atomic E-state index is 15.1. The molecule has 0 N–H and O–H groups in total. The average Bonchev–Trinajstić information content (AvgIpc) is 4.03. The summed E-state index contributed by atoms with van der Waals surface area (Å²) in [5.74, 6) is 11.6. The monoisotopic (exact) mass is 1110 g/mol. The summed E-state index contributed by atoms with van der Waals surface area (Å²) in [4.78, 5) is -0.186. The minimum Gasteiger partial charge on any atom is -0.207 e. The first kappa shape index (κ1) is 53.8. The van der Waals surface area contributed by atoms with Crippen LogP contribution in [0.5, 0.6) is 0 Å². The molecule has 0 bridgehead atoms.